The van der Waals surface area contributed by atoms with Crippen LogP contribution in [0.3, 0.4) is 0 Å². The van der Waals surface area contributed by atoms with Gasteiger partial charge in [0.25, 0.3) is 0 Å². The minimum Gasteiger partial charge on any atom is -0.418 e. The van der Waals surface area contributed by atoms with E-state index in [1.807, 2.05) is 39.0 Å². The van der Waals surface area contributed by atoms with E-state index in [0.29, 0.717) is 19.6 Å². The zero-order valence-electron chi connectivity index (χ0n) is 20.8. The van der Waals surface area contributed by atoms with Crippen molar-refractivity contribution in [1.82, 2.24) is 35.5 Å². The normalized spacial score (nSPS) is 12.0. The average molecular weight is 565 g/mol. The Labute approximate surface area is 223 Å². The van der Waals surface area contributed by atoms with E-state index >= 15 is 0 Å². The fourth-order valence-electron chi connectivity index (χ4n) is 2.92. The van der Waals surface area contributed by atoms with E-state index in [4.69, 9.17) is 0 Å². The molecule has 3 N–H and O–H groups in total. The second kappa shape index (κ2) is 16.6. The van der Waals surface area contributed by atoms with Crippen LogP contribution in [0.4, 0.5) is 17.3 Å². The van der Waals surface area contributed by atoms with Gasteiger partial charge in [-0.1, -0.05) is 0 Å². The average Bonchev–Trinajstić information content (AvgIpc) is 3.51. The van der Waals surface area contributed by atoms with Gasteiger partial charge in [-0.2, -0.15) is 15.3 Å². The van der Waals surface area contributed by atoms with Gasteiger partial charge in [0.05, 0.1) is 19.6 Å². The molecular formula is C21H30BF4FeN10-. The maximum absolute atomic E-state index is 9.75. The number of rotatable bonds is 12. The summed E-state index contributed by atoms with van der Waals surface area (Å²) in [6, 6.07) is 5.91. The number of nitrogens with zero attached hydrogens (tertiary/aromatic N) is 7. The van der Waals surface area contributed by atoms with Crippen LogP contribution in [0.25, 0.3) is 0 Å². The third-order valence-corrected chi connectivity index (χ3v) is 4.48. The van der Waals surface area contributed by atoms with Gasteiger partial charge in [-0.25, -0.2) is 0 Å². The molecule has 0 aliphatic rings. The van der Waals surface area contributed by atoms with Crippen LogP contribution in [0.2, 0.25) is 0 Å². The Morgan fingerprint density at radius 1 is 0.676 bits per heavy atom. The van der Waals surface area contributed by atoms with Crippen LogP contribution >= 0.6 is 0 Å². The van der Waals surface area contributed by atoms with Gasteiger partial charge in [0, 0.05) is 72.4 Å². The first-order valence-corrected chi connectivity index (χ1v) is 11.2. The first-order valence-electron chi connectivity index (χ1n) is 11.2. The first-order chi connectivity index (χ1) is 17.1. The Kier molecular flexibility index (Phi) is 14.3. The Bertz CT molecular complexity index is 988. The van der Waals surface area contributed by atoms with E-state index in [9.17, 15) is 17.3 Å². The molecule has 0 bridgehead atoms. The van der Waals surface area contributed by atoms with Crippen LogP contribution in [0, 0.1) is 20.8 Å². The molecular weight excluding hydrogens is 535 g/mol. The fourth-order valence-corrected chi connectivity index (χ4v) is 2.92. The summed E-state index contributed by atoms with van der Waals surface area (Å²) in [4.78, 5) is 15.8. The molecule has 3 aromatic heterocycles. The molecule has 3 aromatic rings. The summed E-state index contributed by atoms with van der Waals surface area (Å²) >= 11 is 0. The number of aliphatic imine (C=N–C) groups is 3. The molecule has 0 fully saturated rings. The van der Waals surface area contributed by atoms with Crippen LogP contribution in [-0.4, -0.2) is 101 Å². The van der Waals surface area contributed by atoms with E-state index in [-0.39, 0.29) is 17.1 Å². The maximum Gasteiger partial charge on any atom is 0.673 e. The molecule has 3 heterocycles. The number of hydrogen-bond acceptors (Lipinski definition) is 7. The molecule has 0 amide bonds. The molecule has 3 rings (SSSR count). The third kappa shape index (κ3) is 15.6. The molecule has 0 aliphatic carbocycles. The zero-order valence-corrected chi connectivity index (χ0v) is 21.9. The Morgan fingerprint density at radius 2 is 0.946 bits per heavy atom. The monoisotopic (exact) mass is 565 g/mol. The second-order valence-electron chi connectivity index (χ2n) is 7.87. The molecule has 0 aromatic carbocycles. The van der Waals surface area contributed by atoms with Gasteiger partial charge in [-0.3, -0.25) is 35.2 Å². The minimum atomic E-state index is -6.00. The summed E-state index contributed by atoms with van der Waals surface area (Å²) in [6.07, 6.45) is 5.41. The van der Waals surface area contributed by atoms with Crippen LogP contribution < -0.4 is 0 Å². The smallest absolute Gasteiger partial charge is 0.418 e. The summed E-state index contributed by atoms with van der Waals surface area (Å²) in [5.74, 6) is 0. The van der Waals surface area contributed by atoms with Crippen LogP contribution in [-0.2, 0) is 17.1 Å². The summed E-state index contributed by atoms with van der Waals surface area (Å²) in [5, 5.41) is 21.3. The Morgan fingerprint density at radius 3 is 1.16 bits per heavy atom. The van der Waals surface area contributed by atoms with E-state index in [2.05, 4.69) is 50.5 Å². The minimum absolute atomic E-state index is 0. The van der Waals surface area contributed by atoms with Gasteiger partial charge in [-0.05, 0) is 39.0 Å². The molecule has 10 nitrogen and oxygen atoms in total. The predicted octanol–water partition coefficient (Wildman–Crippen LogP) is 3.04. The number of aromatic nitrogens is 6. The topological polar surface area (TPSA) is 126 Å². The van der Waals surface area contributed by atoms with E-state index < -0.39 is 7.25 Å². The molecule has 204 valence electrons. The van der Waals surface area contributed by atoms with E-state index in [0.717, 1.165) is 53.8 Å². The second-order valence-corrected chi connectivity index (χ2v) is 7.87. The quantitative estimate of drug-likeness (QED) is 0.177. The van der Waals surface area contributed by atoms with Crippen molar-refractivity contribution in [2.75, 3.05) is 39.3 Å². The van der Waals surface area contributed by atoms with Crippen molar-refractivity contribution in [3.63, 3.8) is 0 Å². The van der Waals surface area contributed by atoms with Crippen molar-refractivity contribution in [2.24, 2.45) is 15.0 Å². The summed E-state index contributed by atoms with van der Waals surface area (Å²) < 4.78 is 39.0. The van der Waals surface area contributed by atoms with Gasteiger partial charge in [-0.15, -0.1) is 0 Å². The molecule has 0 atom stereocenters. The third-order valence-electron chi connectivity index (χ3n) is 4.48. The number of H-pyrrole nitrogens is 3. The molecule has 0 unspecified atom stereocenters. The van der Waals surface area contributed by atoms with Crippen LogP contribution in [0.15, 0.2) is 33.2 Å². The fraction of sp³-hybridized carbons (Fsp3) is 0.429. The maximum atomic E-state index is 9.75. The van der Waals surface area contributed by atoms with E-state index in [1.165, 1.54) is 0 Å². The summed E-state index contributed by atoms with van der Waals surface area (Å²) in [5.41, 5.74) is 5.62. The van der Waals surface area contributed by atoms with Crippen molar-refractivity contribution in [2.45, 2.75) is 20.8 Å². The SMILES string of the molecule is Cc1cc(C=NCCN(CCN=Cc2cc(C)[nH]n2)CCN=Cc2cc(C)[nH]n2)n[nH]1.F[B-](F)(F)F.[Fe]. The number of nitrogens with one attached hydrogen (secondary N) is 3. The van der Waals surface area contributed by atoms with Crippen LogP contribution in [0.5, 0.6) is 0 Å². The number of aromatic amines is 3. The Balaban J connectivity index is 0.00000104. The molecule has 0 radical (unpaired) electrons. The first kappa shape index (κ1) is 31.9. The Hall–Kier alpha value is -3.10. The van der Waals surface area contributed by atoms with Crippen molar-refractivity contribution >= 4 is 25.9 Å². The van der Waals surface area contributed by atoms with Gasteiger partial charge in [0.15, 0.2) is 0 Å². The van der Waals surface area contributed by atoms with Gasteiger partial charge < -0.3 is 17.3 Å². The van der Waals surface area contributed by atoms with Crippen molar-refractivity contribution in [3.05, 3.63) is 52.4 Å². The molecule has 0 saturated heterocycles. The standard InChI is InChI=1S/C21H30N10.BF4.Fe/c1-16-10-19(28-25-16)13-22-4-7-31(8-5-23-14-20-11-17(2)26-29-20)9-6-24-15-21-12-18(3)27-30-21;2-1(3,4)5;/h10-15H,4-9H2,1-3H3,(H,25,28)(H,26,29)(H,27,30);;/q;-1;. The zero-order chi connectivity index (χ0) is 26.4. The predicted molar refractivity (Wildman–Crippen MR) is 134 cm³/mol. The van der Waals surface area contributed by atoms with Crippen LogP contribution in [0.1, 0.15) is 34.2 Å². The molecule has 0 spiro atoms. The van der Waals surface area contributed by atoms with Gasteiger partial charge in [0.1, 0.15) is 17.1 Å². The summed E-state index contributed by atoms with van der Waals surface area (Å²) in [7, 11) is -6.00. The molecule has 16 heteroatoms. The molecule has 0 saturated carbocycles. The van der Waals surface area contributed by atoms with Crippen molar-refractivity contribution in [3.8, 4) is 0 Å². The summed E-state index contributed by atoms with van der Waals surface area (Å²) in [6.45, 7) is 10.5. The molecule has 37 heavy (non-hydrogen) atoms. The number of hydrogen-bond donors (Lipinski definition) is 3. The largest absolute Gasteiger partial charge is 0.673 e. The number of aryl methyl sites for hydroxylation is 3. The van der Waals surface area contributed by atoms with E-state index in [1.54, 1.807) is 18.6 Å². The van der Waals surface area contributed by atoms with Gasteiger partial charge in [0.2, 0.25) is 0 Å². The van der Waals surface area contributed by atoms with Crippen molar-refractivity contribution < 1.29 is 34.3 Å². The number of halogens is 4. The van der Waals surface area contributed by atoms with Gasteiger partial charge >= 0.3 is 7.25 Å². The molecule has 0 aliphatic heterocycles. The van der Waals surface area contributed by atoms with Crippen molar-refractivity contribution in [1.29, 1.82) is 0 Å².